The summed E-state index contributed by atoms with van der Waals surface area (Å²) in [5.41, 5.74) is 1.53. The lowest BCUT2D eigenvalue weighted by Gasteiger charge is -2.09. The lowest BCUT2D eigenvalue weighted by Crippen LogP contribution is -2.06. The fourth-order valence-electron chi connectivity index (χ4n) is 1.80. The summed E-state index contributed by atoms with van der Waals surface area (Å²) in [6, 6.07) is 9.51. The van der Waals surface area contributed by atoms with Gasteiger partial charge in [0, 0.05) is 12.1 Å². The van der Waals surface area contributed by atoms with Gasteiger partial charge in [-0.1, -0.05) is 26.0 Å². The maximum absolute atomic E-state index is 8.92. The van der Waals surface area contributed by atoms with Crippen LogP contribution in [0.4, 0.5) is 0 Å². The van der Waals surface area contributed by atoms with Crippen molar-refractivity contribution in [2.75, 3.05) is 0 Å². The highest BCUT2D eigenvalue weighted by molar-refractivity contribution is 7.71. The molecule has 5 heteroatoms. The number of H-pyrrole nitrogens is 1. The molecule has 0 unspecified atom stereocenters. The summed E-state index contributed by atoms with van der Waals surface area (Å²) in [7, 11) is 0. The summed E-state index contributed by atoms with van der Waals surface area (Å²) in [5, 5.41) is 16.0. The molecule has 0 aliphatic rings. The van der Waals surface area contributed by atoms with E-state index in [0.29, 0.717) is 16.3 Å². The number of rotatable bonds is 3. The zero-order valence-electron chi connectivity index (χ0n) is 10.3. The minimum Gasteiger partial charge on any atom is -0.300 e. The number of aromatic amines is 1. The first-order valence-electron chi connectivity index (χ1n) is 5.77. The van der Waals surface area contributed by atoms with Crippen molar-refractivity contribution in [3.05, 3.63) is 34.6 Å². The van der Waals surface area contributed by atoms with Crippen molar-refractivity contribution < 1.29 is 0 Å². The molecular formula is C13H14N4S. The molecule has 0 radical (unpaired) electrons. The zero-order chi connectivity index (χ0) is 13.1. The molecule has 0 aliphatic carbocycles. The van der Waals surface area contributed by atoms with Crippen molar-refractivity contribution in [1.29, 1.82) is 5.26 Å². The molecule has 0 fully saturated rings. The number of aromatic nitrogens is 3. The van der Waals surface area contributed by atoms with Gasteiger partial charge in [-0.15, -0.1) is 0 Å². The highest BCUT2D eigenvalue weighted by atomic mass is 32.1. The normalized spacial score (nSPS) is 10.6. The van der Waals surface area contributed by atoms with E-state index in [1.807, 2.05) is 22.8 Å². The quantitative estimate of drug-likeness (QED) is 0.860. The Labute approximate surface area is 111 Å². The topological polar surface area (TPSA) is 57.4 Å². The molecule has 1 aromatic carbocycles. The van der Waals surface area contributed by atoms with Gasteiger partial charge in [-0.3, -0.25) is 9.67 Å². The first-order valence-corrected chi connectivity index (χ1v) is 6.18. The van der Waals surface area contributed by atoms with E-state index >= 15 is 0 Å². The van der Waals surface area contributed by atoms with Crippen molar-refractivity contribution in [2.45, 2.75) is 20.4 Å². The van der Waals surface area contributed by atoms with E-state index in [9.17, 15) is 0 Å². The fourth-order valence-corrected chi connectivity index (χ4v) is 2.01. The van der Waals surface area contributed by atoms with Crippen molar-refractivity contribution in [3.8, 4) is 17.5 Å². The standard InChI is InChI=1S/C13H14N4S/c1-9(2)8-17-12(15-16-13(17)18)11-5-3-4-10(6-11)7-14/h3-6,9H,8H2,1-2H3,(H,16,18). The summed E-state index contributed by atoms with van der Waals surface area (Å²) in [6.07, 6.45) is 0. The maximum Gasteiger partial charge on any atom is 0.195 e. The van der Waals surface area contributed by atoms with E-state index in [2.05, 4.69) is 30.1 Å². The van der Waals surface area contributed by atoms with Crippen LogP contribution in [0, 0.1) is 22.0 Å². The predicted molar refractivity (Wildman–Crippen MR) is 72.4 cm³/mol. The van der Waals surface area contributed by atoms with Crippen LogP contribution < -0.4 is 0 Å². The summed E-state index contributed by atoms with van der Waals surface area (Å²) in [5.74, 6) is 1.26. The highest BCUT2D eigenvalue weighted by Gasteiger charge is 2.10. The Balaban J connectivity index is 2.51. The molecule has 1 N–H and O–H groups in total. The van der Waals surface area contributed by atoms with Crippen LogP contribution in [0.5, 0.6) is 0 Å². The summed E-state index contributed by atoms with van der Waals surface area (Å²) < 4.78 is 2.58. The molecule has 0 spiro atoms. The van der Waals surface area contributed by atoms with Crippen LogP contribution in [0.2, 0.25) is 0 Å². The number of nitrogens with zero attached hydrogens (tertiary/aromatic N) is 3. The predicted octanol–water partition coefficient (Wildman–Crippen LogP) is 3.14. The third-order valence-electron chi connectivity index (χ3n) is 2.56. The van der Waals surface area contributed by atoms with Crippen molar-refractivity contribution in [1.82, 2.24) is 14.8 Å². The molecule has 0 amide bonds. The third-order valence-corrected chi connectivity index (χ3v) is 2.87. The lowest BCUT2D eigenvalue weighted by molar-refractivity contribution is 0.521. The highest BCUT2D eigenvalue weighted by Crippen LogP contribution is 2.19. The second-order valence-corrected chi connectivity index (χ2v) is 4.94. The third kappa shape index (κ3) is 2.49. The second-order valence-electron chi connectivity index (χ2n) is 4.55. The van der Waals surface area contributed by atoms with Gasteiger partial charge in [-0.2, -0.15) is 10.4 Å². The number of nitriles is 1. The van der Waals surface area contributed by atoms with Crippen molar-refractivity contribution in [3.63, 3.8) is 0 Å². The van der Waals surface area contributed by atoms with Crippen LogP contribution in [0.15, 0.2) is 24.3 Å². The molecule has 1 heterocycles. The van der Waals surface area contributed by atoms with E-state index in [1.54, 1.807) is 6.07 Å². The molecular weight excluding hydrogens is 244 g/mol. The van der Waals surface area contributed by atoms with Crippen molar-refractivity contribution >= 4 is 12.2 Å². The zero-order valence-corrected chi connectivity index (χ0v) is 11.2. The molecule has 92 valence electrons. The van der Waals surface area contributed by atoms with Gasteiger partial charge in [0.25, 0.3) is 0 Å². The van der Waals surface area contributed by atoms with E-state index in [4.69, 9.17) is 17.5 Å². The number of benzene rings is 1. The molecule has 18 heavy (non-hydrogen) atoms. The molecule has 0 atom stereocenters. The van der Waals surface area contributed by atoms with Gasteiger partial charge in [-0.05, 0) is 30.3 Å². The molecule has 0 saturated heterocycles. The molecule has 2 aromatic rings. The number of nitrogens with one attached hydrogen (secondary N) is 1. The van der Waals surface area contributed by atoms with Crippen LogP contribution in [-0.2, 0) is 6.54 Å². The molecule has 0 aliphatic heterocycles. The average molecular weight is 258 g/mol. The second kappa shape index (κ2) is 5.15. The van der Waals surface area contributed by atoms with Crippen LogP contribution in [0.25, 0.3) is 11.4 Å². The Hall–Kier alpha value is -1.93. The maximum atomic E-state index is 8.92. The lowest BCUT2D eigenvalue weighted by atomic mass is 10.1. The Morgan fingerprint density at radius 2 is 2.28 bits per heavy atom. The largest absolute Gasteiger partial charge is 0.300 e. The SMILES string of the molecule is CC(C)Cn1c(-c2cccc(C#N)c2)n[nH]c1=S. The van der Waals surface area contributed by atoms with E-state index in [1.165, 1.54) is 0 Å². The Morgan fingerprint density at radius 1 is 1.50 bits per heavy atom. The number of hydrogen-bond donors (Lipinski definition) is 1. The van der Waals surface area contributed by atoms with E-state index in [0.717, 1.165) is 17.9 Å². The fraction of sp³-hybridized carbons (Fsp3) is 0.308. The van der Waals surface area contributed by atoms with E-state index < -0.39 is 0 Å². The molecule has 0 bridgehead atoms. The molecule has 2 rings (SSSR count). The molecule has 1 aromatic heterocycles. The van der Waals surface area contributed by atoms with Crippen LogP contribution >= 0.6 is 12.2 Å². The Bertz CT molecular complexity index is 645. The Kier molecular flexibility index (Phi) is 3.58. The molecule has 0 saturated carbocycles. The van der Waals surface area contributed by atoms with Gasteiger partial charge < -0.3 is 0 Å². The summed E-state index contributed by atoms with van der Waals surface area (Å²) in [4.78, 5) is 0. The van der Waals surface area contributed by atoms with Gasteiger partial charge in [0.05, 0.1) is 11.6 Å². The summed E-state index contributed by atoms with van der Waals surface area (Å²) >= 11 is 5.23. The van der Waals surface area contributed by atoms with Gasteiger partial charge in [0.2, 0.25) is 0 Å². The van der Waals surface area contributed by atoms with Crippen LogP contribution in [0.3, 0.4) is 0 Å². The van der Waals surface area contributed by atoms with Crippen LogP contribution in [0.1, 0.15) is 19.4 Å². The van der Waals surface area contributed by atoms with E-state index in [-0.39, 0.29) is 0 Å². The Morgan fingerprint density at radius 3 is 2.94 bits per heavy atom. The van der Waals surface area contributed by atoms with Gasteiger partial charge in [0.1, 0.15) is 0 Å². The summed E-state index contributed by atoms with van der Waals surface area (Å²) in [6.45, 7) is 5.07. The minimum absolute atomic E-state index is 0.479. The average Bonchev–Trinajstić information content (AvgIpc) is 2.71. The van der Waals surface area contributed by atoms with Gasteiger partial charge >= 0.3 is 0 Å². The first-order chi connectivity index (χ1) is 8.61. The van der Waals surface area contributed by atoms with Crippen molar-refractivity contribution in [2.24, 2.45) is 5.92 Å². The molecule has 4 nitrogen and oxygen atoms in total. The van der Waals surface area contributed by atoms with Crippen LogP contribution in [-0.4, -0.2) is 14.8 Å². The van der Waals surface area contributed by atoms with Gasteiger partial charge in [-0.25, -0.2) is 0 Å². The first kappa shape index (κ1) is 12.5. The smallest absolute Gasteiger partial charge is 0.195 e. The minimum atomic E-state index is 0.479. The van der Waals surface area contributed by atoms with Gasteiger partial charge in [0.15, 0.2) is 10.6 Å². The number of hydrogen-bond acceptors (Lipinski definition) is 3. The monoisotopic (exact) mass is 258 g/mol.